The number of hydrogen-bond donors (Lipinski definition) is 0. The van der Waals surface area contributed by atoms with E-state index in [0.717, 1.165) is 25.9 Å². The van der Waals surface area contributed by atoms with Gasteiger partial charge < -0.3 is 4.90 Å². The van der Waals surface area contributed by atoms with Gasteiger partial charge in [-0.25, -0.2) is 4.39 Å². The lowest BCUT2D eigenvalue weighted by Crippen LogP contribution is -2.24. The molecule has 0 radical (unpaired) electrons. The molecular weight excluding hydrogens is 217 g/mol. The van der Waals surface area contributed by atoms with Crippen molar-refractivity contribution in [3.63, 3.8) is 0 Å². The van der Waals surface area contributed by atoms with Crippen molar-refractivity contribution in [2.24, 2.45) is 0 Å². The number of likely N-dealkylation sites (tertiary alicyclic amines) is 1. The fourth-order valence-electron chi connectivity index (χ4n) is 1.99. The minimum Gasteiger partial charge on any atom is -0.377 e. The summed E-state index contributed by atoms with van der Waals surface area (Å²) in [4.78, 5) is 13.9. The highest BCUT2D eigenvalue weighted by molar-refractivity contribution is 6.04. The summed E-state index contributed by atoms with van der Waals surface area (Å²) in [6.45, 7) is 1.97. The number of carbonyl (C=O) groups excluding carboxylic acids is 1. The third-order valence-corrected chi connectivity index (χ3v) is 2.97. The highest BCUT2D eigenvalue weighted by Gasteiger charge is 2.09. The Labute approximate surface area is 101 Å². The Morgan fingerprint density at radius 1 is 1.18 bits per heavy atom. The summed E-state index contributed by atoms with van der Waals surface area (Å²) in [7, 11) is 0. The third-order valence-electron chi connectivity index (χ3n) is 2.97. The van der Waals surface area contributed by atoms with Gasteiger partial charge in [0.1, 0.15) is 5.82 Å². The average Bonchev–Trinajstić information content (AvgIpc) is 2.38. The van der Waals surface area contributed by atoms with Crippen molar-refractivity contribution in [3.05, 3.63) is 47.9 Å². The first kappa shape index (κ1) is 11.8. The van der Waals surface area contributed by atoms with Crippen LogP contribution in [-0.2, 0) is 0 Å². The maximum Gasteiger partial charge on any atom is 0.190 e. The van der Waals surface area contributed by atoms with Crippen molar-refractivity contribution < 1.29 is 9.18 Å². The first-order valence-corrected chi connectivity index (χ1v) is 5.98. The minimum absolute atomic E-state index is 0.140. The van der Waals surface area contributed by atoms with Crippen molar-refractivity contribution in [1.29, 1.82) is 0 Å². The van der Waals surface area contributed by atoms with Crippen LogP contribution in [0.25, 0.3) is 0 Å². The van der Waals surface area contributed by atoms with Crippen LogP contribution in [0, 0.1) is 5.82 Å². The highest BCUT2D eigenvalue weighted by Crippen LogP contribution is 2.11. The minimum atomic E-state index is -0.458. The summed E-state index contributed by atoms with van der Waals surface area (Å²) < 4.78 is 13.3. The van der Waals surface area contributed by atoms with Crippen LogP contribution in [0.4, 0.5) is 4.39 Å². The van der Waals surface area contributed by atoms with Crippen molar-refractivity contribution in [1.82, 2.24) is 4.90 Å². The summed E-state index contributed by atoms with van der Waals surface area (Å²) in [6.07, 6.45) is 6.83. The van der Waals surface area contributed by atoms with Crippen LogP contribution >= 0.6 is 0 Å². The van der Waals surface area contributed by atoms with Gasteiger partial charge in [-0.3, -0.25) is 4.79 Å². The summed E-state index contributed by atoms with van der Waals surface area (Å²) in [5.41, 5.74) is 0.140. The van der Waals surface area contributed by atoms with E-state index >= 15 is 0 Å². The van der Waals surface area contributed by atoms with Gasteiger partial charge in [-0.1, -0.05) is 12.1 Å². The van der Waals surface area contributed by atoms with Gasteiger partial charge >= 0.3 is 0 Å². The molecule has 2 rings (SSSR count). The third kappa shape index (κ3) is 3.16. The maximum absolute atomic E-state index is 13.3. The molecule has 0 amide bonds. The van der Waals surface area contributed by atoms with Gasteiger partial charge in [0.15, 0.2) is 5.78 Å². The van der Waals surface area contributed by atoms with Crippen LogP contribution in [0.1, 0.15) is 29.6 Å². The van der Waals surface area contributed by atoms with E-state index in [1.54, 1.807) is 18.3 Å². The van der Waals surface area contributed by atoms with E-state index in [0.29, 0.717) is 0 Å². The lowest BCUT2D eigenvalue weighted by atomic mass is 10.1. The molecular formula is C14H16FNO. The molecule has 90 valence electrons. The van der Waals surface area contributed by atoms with Gasteiger partial charge in [-0.2, -0.15) is 0 Å². The Morgan fingerprint density at radius 2 is 1.88 bits per heavy atom. The number of piperidine rings is 1. The molecule has 0 bridgehead atoms. The van der Waals surface area contributed by atoms with E-state index in [9.17, 15) is 9.18 Å². The van der Waals surface area contributed by atoms with Crippen LogP contribution in [-0.4, -0.2) is 23.8 Å². The zero-order valence-electron chi connectivity index (χ0n) is 9.73. The molecule has 2 nitrogen and oxygen atoms in total. The predicted molar refractivity (Wildman–Crippen MR) is 65.3 cm³/mol. The van der Waals surface area contributed by atoms with E-state index in [4.69, 9.17) is 0 Å². The molecule has 0 aliphatic carbocycles. The molecule has 0 atom stereocenters. The second-order valence-corrected chi connectivity index (χ2v) is 4.26. The molecule has 0 unspecified atom stereocenters. The quantitative estimate of drug-likeness (QED) is 0.591. The molecule has 1 saturated heterocycles. The SMILES string of the molecule is O=C(/C=C/N1CCCCC1)c1ccccc1F. The lowest BCUT2D eigenvalue weighted by Gasteiger charge is -2.24. The van der Waals surface area contributed by atoms with Crippen LogP contribution < -0.4 is 0 Å². The number of rotatable bonds is 3. The van der Waals surface area contributed by atoms with Gasteiger partial charge in [0.05, 0.1) is 5.56 Å². The number of nitrogens with zero attached hydrogens (tertiary/aromatic N) is 1. The molecule has 1 aromatic rings. The number of ketones is 1. The molecule has 0 spiro atoms. The fourth-order valence-corrected chi connectivity index (χ4v) is 1.99. The monoisotopic (exact) mass is 233 g/mol. The van der Waals surface area contributed by atoms with E-state index in [-0.39, 0.29) is 11.3 Å². The van der Waals surface area contributed by atoms with E-state index in [1.807, 2.05) is 0 Å². The number of benzene rings is 1. The number of carbonyl (C=O) groups is 1. The standard InChI is InChI=1S/C14H16FNO/c15-13-7-3-2-6-12(13)14(17)8-11-16-9-4-1-5-10-16/h2-3,6-8,11H,1,4-5,9-10H2/b11-8+. The topological polar surface area (TPSA) is 20.3 Å². The largest absolute Gasteiger partial charge is 0.377 e. The van der Waals surface area contributed by atoms with Crippen molar-refractivity contribution in [2.75, 3.05) is 13.1 Å². The molecule has 0 saturated carbocycles. The number of halogens is 1. The predicted octanol–water partition coefficient (Wildman–Crippen LogP) is 3.01. The average molecular weight is 233 g/mol. The molecule has 1 aliphatic rings. The highest BCUT2D eigenvalue weighted by atomic mass is 19.1. The molecule has 0 aromatic heterocycles. The Bertz CT molecular complexity index is 422. The van der Waals surface area contributed by atoms with Crippen LogP contribution in [0.5, 0.6) is 0 Å². The fraction of sp³-hybridized carbons (Fsp3) is 0.357. The van der Waals surface area contributed by atoms with Crippen LogP contribution in [0.15, 0.2) is 36.5 Å². The molecule has 0 N–H and O–H groups in total. The van der Waals surface area contributed by atoms with Crippen molar-refractivity contribution in [2.45, 2.75) is 19.3 Å². The van der Waals surface area contributed by atoms with E-state index in [1.165, 1.54) is 24.6 Å². The molecule has 1 aromatic carbocycles. The van der Waals surface area contributed by atoms with Gasteiger partial charge in [0.25, 0.3) is 0 Å². The zero-order chi connectivity index (χ0) is 12.1. The Hall–Kier alpha value is -1.64. The lowest BCUT2D eigenvalue weighted by molar-refractivity contribution is 0.104. The zero-order valence-corrected chi connectivity index (χ0v) is 9.73. The Balaban J connectivity index is 2.01. The molecule has 3 heteroatoms. The summed E-state index contributed by atoms with van der Waals surface area (Å²) in [5.74, 6) is -0.727. The van der Waals surface area contributed by atoms with Gasteiger partial charge in [-0.05, 0) is 31.4 Å². The van der Waals surface area contributed by atoms with Crippen LogP contribution in [0.3, 0.4) is 0 Å². The Morgan fingerprint density at radius 3 is 2.59 bits per heavy atom. The first-order chi connectivity index (χ1) is 8.27. The summed E-state index contributed by atoms with van der Waals surface area (Å²) in [5, 5.41) is 0. The first-order valence-electron chi connectivity index (χ1n) is 5.98. The molecule has 1 aliphatic heterocycles. The second-order valence-electron chi connectivity index (χ2n) is 4.26. The summed E-state index contributed by atoms with van der Waals surface area (Å²) in [6, 6.07) is 6.08. The van der Waals surface area contributed by atoms with Crippen molar-refractivity contribution in [3.8, 4) is 0 Å². The second kappa shape index (κ2) is 5.62. The van der Waals surface area contributed by atoms with Crippen molar-refractivity contribution >= 4 is 5.78 Å². The van der Waals surface area contributed by atoms with E-state index in [2.05, 4.69) is 4.90 Å². The maximum atomic E-state index is 13.3. The number of hydrogen-bond acceptors (Lipinski definition) is 2. The Kier molecular flexibility index (Phi) is 3.91. The summed E-state index contributed by atoms with van der Waals surface area (Å²) >= 11 is 0. The normalized spacial score (nSPS) is 16.4. The van der Waals surface area contributed by atoms with E-state index < -0.39 is 5.82 Å². The smallest absolute Gasteiger partial charge is 0.190 e. The number of allylic oxidation sites excluding steroid dienone is 1. The van der Waals surface area contributed by atoms with Gasteiger partial charge in [0, 0.05) is 25.4 Å². The molecule has 1 fully saturated rings. The van der Waals surface area contributed by atoms with Crippen LogP contribution in [0.2, 0.25) is 0 Å². The van der Waals surface area contributed by atoms with Gasteiger partial charge in [0.2, 0.25) is 0 Å². The van der Waals surface area contributed by atoms with Gasteiger partial charge in [-0.15, -0.1) is 0 Å². The molecule has 1 heterocycles. The molecule has 17 heavy (non-hydrogen) atoms.